The van der Waals surface area contributed by atoms with Crippen LogP contribution in [-0.4, -0.2) is 17.8 Å². The van der Waals surface area contributed by atoms with E-state index >= 15 is 0 Å². The number of aryl methyl sites for hydroxylation is 2. The van der Waals surface area contributed by atoms with Gasteiger partial charge in [-0.05, 0) is 31.5 Å². The standard InChI is InChI=1S/C14H12FN3O3S2/c1-8-3-4-10(7-11(8)15)17-23(20,21)12-9(2)16-14-18(13(12)19)5-6-22-14/h3-7,17H,1-2H3. The third-order valence-electron chi connectivity index (χ3n) is 3.29. The highest BCUT2D eigenvalue weighted by atomic mass is 32.2. The fourth-order valence-electron chi connectivity index (χ4n) is 2.14. The Kier molecular flexibility index (Phi) is 3.69. The Morgan fingerprint density at radius 3 is 2.74 bits per heavy atom. The Bertz CT molecular complexity index is 1070. The average molecular weight is 353 g/mol. The highest BCUT2D eigenvalue weighted by Gasteiger charge is 2.24. The van der Waals surface area contributed by atoms with Crippen LogP contribution in [0.15, 0.2) is 39.5 Å². The van der Waals surface area contributed by atoms with Gasteiger partial charge in [-0.3, -0.25) is 13.9 Å². The number of nitrogens with zero attached hydrogens (tertiary/aromatic N) is 2. The molecule has 0 radical (unpaired) electrons. The molecule has 3 aromatic rings. The summed E-state index contributed by atoms with van der Waals surface area (Å²) < 4.78 is 42.0. The van der Waals surface area contributed by atoms with Gasteiger partial charge in [0.2, 0.25) is 0 Å². The molecule has 6 nitrogen and oxygen atoms in total. The average Bonchev–Trinajstić information content (AvgIpc) is 2.90. The van der Waals surface area contributed by atoms with Crippen LogP contribution in [0.25, 0.3) is 4.96 Å². The first-order chi connectivity index (χ1) is 10.8. The van der Waals surface area contributed by atoms with Crippen molar-refractivity contribution in [3.8, 4) is 0 Å². The van der Waals surface area contributed by atoms with E-state index in [9.17, 15) is 17.6 Å². The molecule has 0 fully saturated rings. The molecule has 0 saturated heterocycles. The number of rotatable bonds is 3. The molecule has 3 rings (SSSR count). The predicted molar refractivity (Wildman–Crippen MR) is 86.0 cm³/mol. The molecule has 0 aliphatic rings. The second-order valence-corrected chi connectivity index (χ2v) is 7.45. The van der Waals surface area contributed by atoms with E-state index in [4.69, 9.17) is 0 Å². The van der Waals surface area contributed by atoms with Gasteiger partial charge in [-0.2, -0.15) is 0 Å². The fourth-order valence-corrected chi connectivity index (χ4v) is 4.19. The molecule has 2 heterocycles. The van der Waals surface area contributed by atoms with Crippen molar-refractivity contribution in [1.29, 1.82) is 0 Å². The lowest BCUT2D eigenvalue weighted by atomic mass is 10.2. The van der Waals surface area contributed by atoms with Gasteiger partial charge in [0.25, 0.3) is 15.6 Å². The lowest BCUT2D eigenvalue weighted by Crippen LogP contribution is -2.27. The molecule has 0 unspecified atom stereocenters. The SMILES string of the molecule is Cc1ccc(NS(=O)(=O)c2c(C)nc3sccn3c2=O)cc1F. The summed E-state index contributed by atoms with van der Waals surface area (Å²) >= 11 is 1.23. The molecule has 0 spiro atoms. The van der Waals surface area contributed by atoms with Gasteiger partial charge in [0, 0.05) is 11.6 Å². The predicted octanol–water partition coefficient (Wildman–Crippen LogP) is 2.31. The van der Waals surface area contributed by atoms with Crippen molar-refractivity contribution >= 4 is 32.0 Å². The zero-order valence-corrected chi connectivity index (χ0v) is 13.8. The number of anilines is 1. The van der Waals surface area contributed by atoms with Gasteiger partial charge in [0.1, 0.15) is 5.82 Å². The van der Waals surface area contributed by atoms with Crippen LogP contribution in [-0.2, 0) is 10.0 Å². The first kappa shape index (κ1) is 15.6. The first-order valence-corrected chi connectivity index (χ1v) is 8.91. The molecule has 1 aromatic carbocycles. The molecule has 23 heavy (non-hydrogen) atoms. The molecular weight excluding hydrogens is 341 g/mol. The number of fused-ring (bicyclic) bond motifs is 1. The maximum absolute atomic E-state index is 13.6. The number of halogens is 1. The van der Waals surface area contributed by atoms with Crippen LogP contribution >= 0.6 is 11.3 Å². The summed E-state index contributed by atoms with van der Waals surface area (Å²) in [7, 11) is -4.18. The third kappa shape index (κ3) is 2.73. The number of sulfonamides is 1. The lowest BCUT2D eigenvalue weighted by Gasteiger charge is -2.10. The minimum Gasteiger partial charge on any atom is -0.279 e. The van der Waals surface area contributed by atoms with Crippen LogP contribution in [0.1, 0.15) is 11.3 Å². The van der Waals surface area contributed by atoms with E-state index in [-0.39, 0.29) is 11.4 Å². The minimum atomic E-state index is -4.18. The van der Waals surface area contributed by atoms with Crippen molar-refractivity contribution in [1.82, 2.24) is 9.38 Å². The molecule has 1 N–H and O–H groups in total. The summed E-state index contributed by atoms with van der Waals surface area (Å²) in [5.41, 5.74) is -0.153. The zero-order chi connectivity index (χ0) is 16.8. The van der Waals surface area contributed by atoms with E-state index in [1.54, 1.807) is 12.3 Å². The molecule has 0 amide bonds. The van der Waals surface area contributed by atoms with E-state index in [2.05, 4.69) is 9.71 Å². The van der Waals surface area contributed by atoms with Crippen molar-refractivity contribution < 1.29 is 12.8 Å². The quantitative estimate of drug-likeness (QED) is 0.783. The van der Waals surface area contributed by atoms with Gasteiger partial charge in [0.15, 0.2) is 9.86 Å². The van der Waals surface area contributed by atoms with Gasteiger partial charge in [-0.15, -0.1) is 11.3 Å². The Morgan fingerprint density at radius 1 is 1.30 bits per heavy atom. The maximum atomic E-state index is 13.6. The van der Waals surface area contributed by atoms with Crippen LogP contribution in [0, 0.1) is 19.7 Å². The molecule has 0 aliphatic carbocycles. The summed E-state index contributed by atoms with van der Waals surface area (Å²) in [6.07, 6.45) is 1.46. The monoisotopic (exact) mass is 353 g/mol. The topological polar surface area (TPSA) is 80.5 Å². The van der Waals surface area contributed by atoms with Gasteiger partial charge >= 0.3 is 0 Å². The van der Waals surface area contributed by atoms with Gasteiger partial charge in [-0.1, -0.05) is 6.07 Å². The zero-order valence-electron chi connectivity index (χ0n) is 12.2. The van der Waals surface area contributed by atoms with Crippen LogP contribution in [0.4, 0.5) is 10.1 Å². The second kappa shape index (κ2) is 5.43. The number of hydrogen-bond donors (Lipinski definition) is 1. The van der Waals surface area contributed by atoms with Crippen LogP contribution in [0.3, 0.4) is 0 Å². The van der Waals surface area contributed by atoms with Crippen molar-refractivity contribution in [2.24, 2.45) is 0 Å². The van der Waals surface area contributed by atoms with E-state index < -0.39 is 26.3 Å². The lowest BCUT2D eigenvalue weighted by molar-refractivity contribution is 0.598. The van der Waals surface area contributed by atoms with Crippen LogP contribution < -0.4 is 10.3 Å². The van der Waals surface area contributed by atoms with E-state index in [1.807, 2.05) is 0 Å². The Labute approximate surface area is 135 Å². The molecule has 0 saturated carbocycles. The Hall–Kier alpha value is -2.26. The maximum Gasteiger partial charge on any atom is 0.279 e. The summed E-state index contributed by atoms with van der Waals surface area (Å²) in [6.45, 7) is 3.02. The smallest absolute Gasteiger partial charge is 0.279 e. The Morgan fingerprint density at radius 2 is 2.04 bits per heavy atom. The summed E-state index contributed by atoms with van der Waals surface area (Å²) in [6, 6.07) is 3.95. The van der Waals surface area contributed by atoms with Gasteiger partial charge in [0.05, 0.1) is 11.4 Å². The number of thiazole rings is 1. The molecule has 0 atom stereocenters. The van der Waals surface area contributed by atoms with Crippen molar-refractivity contribution in [3.63, 3.8) is 0 Å². The number of nitrogens with one attached hydrogen (secondary N) is 1. The minimum absolute atomic E-state index is 0.0438. The highest BCUT2D eigenvalue weighted by molar-refractivity contribution is 7.92. The third-order valence-corrected chi connectivity index (χ3v) is 5.56. The second-order valence-electron chi connectivity index (χ2n) is 4.96. The molecule has 9 heteroatoms. The molecular formula is C14H12FN3O3S2. The number of aromatic nitrogens is 2. The molecule has 0 aliphatic heterocycles. The molecule has 0 bridgehead atoms. The summed E-state index contributed by atoms with van der Waals surface area (Å²) in [4.78, 5) is 16.5. The van der Waals surface area contributed by atoms with Crippen LogP contribution in [0.2, 0.25) is 0 Å². The van der Waals surface area contributed by atoms with E-state index in [0.29, 0.717) is 10.5 Å². The van der Waals surface area contributed by atoms with Crippen molar-refractivity contribution in [3.05, 3.63) is 57.2 Å². The number of hydrogen-bond acceptors (Lipinski definition) is 5. The molecule has 120 valence electrons. The van der Waals surface area contributed by atoms with Gasteiger partial charge < -0.3 is 0 Å². The summed E-state index contributed by atoms with van der Waals surface area (Å²) in [5.74, 6) is -0.537. The van der Waals surface area contributed by atoms with Crippen molar-refractivity contribution in [2.45, 2.75) is 18.7 Å². The summed E-state index contributed by atoms with van der Waals surface area (Å²) in [5, 5.41) is 1.64. The van der Waals surface area contributed by atoms with E-state index in [0.717, 1.165) is 6.07 Å². The fraction of sp³-hybridized carbons (Fsp3) is 0.143. The van der Waals surface area contributed by atoms with E-state index in [1.165, 1.54) is 41.0 Å². The van der Waals surface area contributed by atoms with Crippen LogP contribution in [0.5, 0.6) is 0 Å². The Balaban J connectivity index is 2.12. The van der Waals surface area contributed by atoms with Gasteiger partial charge in [-0.25, -0.2) is 17.8 Å². The largest absolute Gasteiger partial charge is 0.279 e. The molecule has 2 aromatic heterocycles. The van der Waals surface area contributed by atoms with Crippen molar-refractivity contribution in [2.75, 3.05) is 4.72 Å². The highest BCUT2D eigenvalue weighted by Crippen LogP contribution is 2.19. The normalized spacial score (nSPS) is 11.8. The first-order valence-electron chi connectivity index (χ1n) is 6.55. The number of benzene rings is 1.